The fourth-order valence-electron chi connectivity index (χ4n) is 3.59. The maximum absolute atomic E-state index is 13.3. The van der Waals surface area contributed by atoms with Gasteiger partial charge in [0.2, 0.25) is 0 Å². The molecule has 4 nitrogen and oxygen atoms in total. The Bertz CT molecular complexity index is 907. The van der Waals surface area contributed by atoms with E-state index in [2.05, 4.69) is 11.0 Å². The predicted molar refractivity (Wildman–Crippen MR) is 93.5 cm³/mol. The minimum atomic E-state index is -0.00459. The number of para-hydroxylation sites is 1. The van der Waals surface area contributed by atoms with Crippen LogP contribution in [0.15, 0.2) is 54.2 Å². The van der Waals surface area contributed by atoms with Crippen LogP contribution in [0.25, 0.3) is 5.57 Å². The molecule has 0 unspecified atom stereocenters. The molecule has 0 aromatic heterocycles. The Morgan fingerprint density at radius 1 is 1.12 bits per heavy atom. The van der Waals surface area contributed by atoms with E-state index in [1.54, 1.807) is 17.0 Å². The van der Waals surface area contributed by atoms with Crippen molar-refractivity contribution in [2.24, 2.45) is 0 Å². The van der Waals surface area contributed by atoms with Gasteiger partial charge in [0.15, 0.2) is 0 Å². The smallest absolute Gasteiger partial charge is 0.265 e. The van der Waals surface area contributed by atoms with Gasteiger partial charge in [-0.3, -0.25) is 9.69 Å². The molecule has 0 saturated carbocycles. The summed E-state index contributed by atoms with van der Waals surface area (Å²) in [5, 5.41) is 9.16. The number of likely N-dealkylation sites (tertiary alicyclic amines) is 1. The minimum absolute atomic E-state index is 0.00459. The molecule has 0 aliphatic carbocycles. The molecular formula is C20H17N3O. The van der Waals surface area contributed by atoms with E-state index in [1.807, 2.05) is 43.4 Å². The van der Waals surface area contributed by atoms with Crippen LogP contribution in [0.1, 0.15) is 24.0 Å². The lowest BCUT2D eigenvalue weighted by Crippen LogP contribution is -2.22. The van der Waals surface area contributed by atoms with E-state index < -0.39 is 0 Å². The number of benzene rings is 2. The first-order valence-electron chi connectivity index (χ1n) is 8.09. The minimum Gasteiger partial charge on any atom is -0.377 e. The van der Waals surface area contributed by atoms with Gasteiger partial charge in [0.1, 0.15) is 0 Å². The zero-order chi connectivity index (χ0) is 16.7. The van der Waals surface area contributed by atoms with Crippen LogP contribution in [-0.2, 0) is 4.79 Å². The molecule has 24 heavy (non-hydrogen) atoms. The van der Waals surface area contributed by atoms with Gasteiger partial charge in [-0.2, -0.15) is 5.26 Å². The van der Waals surface area contributed by atoms with Crippen LogP contribution in [-0.4, -0.2) is 24.4 Å². The zero-order valence-corrected chi connectivity index (χ0v) is 13.5. The standard InChI is InChI=1S/C20H17N3O/c1-22-11-5-10-18(22)19-16-8-2-3-9-17(16)23(20(19)24)15-7-4-6-14(12-15)13-21/h2-4,6-9,12H,5,10-11H2,1H3/b19-18+. The average Bonchev–Trinajstić information content (AvgIpc) is 3.14. The monoisotopic (exact) mass is 315 g/mol. The summed E-state index contributed by atoms with van der Waals surface area (Å²) in [5.41, 5.74) is 5.08. The van der Waals surface area contributed by atoms with Gasteiger partial charge in [-0.25, -0.2) is 0 Å². The van der Waals surface area contributed by atoms with Crippen molar-refractivity contribution < 1.29 is 4.79 Å². The maximum atomic E-state index is 13.3. The molecule has 2 aliphatic heterocycles. The highest BCUT2D eigenvalue weighted by Gasteiger charge is 2.37. The summed E-state index contributed by atoms with van der Waals surface area (Å²) in [4.78, 5) is 17.2. The van der Waals surface area contributed by atoms with Crippen LogP contribution in [0.3, 0.4) is 0 Å². The molecule has 2 aromatic carbocycles. The van der Waals surface area contributed by atoms with Crippen LogP contribution in [0.4, 0.5) is 11.4 Å². The van der Waals surface area contributed by atoms with Gasteiger partial charge in [0, 0.05) is 24.9 Å². The van der Waals surface area contributed by atoms with E-state index in [0.717, 1.165) is 47.6 Å². The van der Waals surface area contributed by atoms with Gasteiger partial charge in [0.05, 0.1) is 28.6 Å². The molecule has 118 valence electrons. The van der Waals surface area contributed by atoms with Crippen LogP contribution in [0.5, 0.6) is 0 Å². The number of nitriles is 1. The fraction of sp³-hybridized carbons (Fsp3) is 0.200. The number of amides is 1. The molecule has 0 atom stereocenters. The van der Waals surface area contributed by atoms with Crippen molar-refractivity contribution in [1.29, 1.82) is 5.26 Å². The average molecular weight is 315 g/mol. The predicted octanol–water partition coefficient (Wildman–Crippen LogP) is 3.67. The second-order valence-electron chi connectivity index (χ2n) is 6.17. The van der Waals surface area contributed by atoms with Gasteiger partial charge in [-0.05, 0) is 37.1 Å². The van der Waals surface area contributed by atoms with E-state index >= 15 is 0 Å². The van der Waals surface area contributed by atoms with Crippen LogP contribution < -0.4 is 4.90 Å². The molecule has 0 N–H and O–H groups in total. The van der Waals surface area contributed by atoms with Gasteiger partial charge in [0.25, 0.3) is 5.91 Å². The Morgan fingerprint density at radius 2 is 1.96 bits per heavy atom. The lowest BCUT2D eigenvalue weighted by atomic mass is 10.0. The number of hydrogen-bond donors (Lipinski definition) is 0. The molecule has 2 aliphatic rings. The molecule has 1 amide bonds. The first-order chi connectivity index (χ1) is 11.7. The van der Waals surface area contributed by atoms with Crippen molar-refractivity contribution in [3.63, 3.8) is 0 Å². The van der Waals surface area contributed by atoms with Crippen LogP contribution in [0, 0.1) is 11.3 Å². The Kier molecular flexibility index (Phi) is 3.35. The molecule has 2 aromatic rings. The fourth-order valence-corrected chi connectivity index (χ4v) is 3.59. The van der Waals surface area contributed by atoms with Gasteiger partial charge >= 0.3 is 0 Å². The Labute approximate surface area is 141 Å². The summed E-state index contributed by atoms with van der Waals surface area (Å²) in [6, 6.07) is 17.2. The summed E-state index contributed by atoms with van der Waals surface area (Å²) in [7, 11) is 2.05. The third kappa shape index (κ3) is 2.10. The summed E-state index contributed by atoms with van der Waals surface area (Å²) in [5.74, 6) is -0.00459. The van der Waals surface area contributed by atoms with E-state index in [0.29, 0.717) is 5.56 Å². The van der Waals surface area contributed by atoms with Crippen LogP contribution in [0.2, 0.25) is 0 Å². The number of carbonyl (C=O) groups is 1. The molecule has 4 heteroatoms. The summed E-state index contributed by atoms with van der Waals surface area (Å²) < 4.78 is 0. The number of rotatable bonds is 1. The zero-order valence-electron chi connectivity index (χ0n) is 13.5. The molecule has 0 spiro atoms. The quantitative estimate of drug-likeness (QED) is 0.754. The summed E-state index contributed by atoms with van der Waals surface area (Å²) in [6.45, 7) is 0.984. The first kappa shape index (κ1) is 14.5. The van der Waals surface area contributed by atoms with Gasteiger partial charge < -0.3 is 4.90 Å². The molecule has 2 heterocycles. The highest BCUT2D eigenvalue weighted by Crippen LogP contribution is 2.44. The molecule has 1 saturated heterocycles. The van der Waals surface area contributed by atoms with Crippen LogP contribution >= 0.6 is 0 Å². The van der Waals surface area contributed by atoms with E-state index in [4.69, 9.17) is 5.26 Å². The number of anilines is 2. The molecule has 0 radical (unpaired) electrons. The van der Waals surface area contributed by atoms with Crippen molar-refractivity contribution in [3.05, 3.63) is 65.4 Å². The number of carbonyl (C=O) groups excluding carboxylic acids is 1. The van der Waals surface area contributed by atoms with E-state index in [9.17, 15) is 4.79 Å². The number of nitrogens with zero attached hydrogens (tertiary/aromatic N) is 3. The SMILES string of the molecule is CN1CCC/C1=C1\C(=O)N(c2cccc(C#N)c2)c2ccccc21. The topological polar surface area (TPSA) is 47.3 Å². The van der Waals surface area contributed by atoms with Crippen molar-refractivity contribution in [2.75, 3.05) is 18.5 Å². The Hall–Kier alpha value is -3.06. The van der Waals surface area contributed by atoms with E-state index in [-0.39, 0.29) is 5.91 Å². The van der Waals surface area contributed by atoms with E-state index in [1.165, 1.54) is 0 Å². The summed E-state index contributed by atoms with van der Waals surface area (Å²) in [6.07, 6.45) is 2.01. The highest BCUT2D eigenvalue weighted by molar-refractivity contribution is 6.35. The largest absolute Gasteiger partial charge is 0.377 e. The molecule has 0 bridgehead atoms. The van der Waals surface area contributed by atoms with Crippen molar-refractivity contribution in [3.8, 4) is 6.07 Å². The van der Waals surface area contributed by atoms with Crippen molar-refractivity contribution >= 4 is 22.9 Å². The number of allylic oxidation sites excluding steroid dienone is 1. The van der Waals surface area contributed by atoms with Crippen molar-refractivity contribution in [1.82, 2.24) is 4.90 Å². The number of fused-ring (bicyclic) bond motifs is 1. The normalized spacial score (nSPS) is 19.6. The second kappa shape index (κ2) is 5.54. The highest BCUT2D eigenvalue weighted by atomic mass is 16.2. The Balaban J connectivity index is 1.92. The second-order valence-corrected chi connectivity index (χ2v) is 6.17. The maximum Gasteiger partial charge on any atom is 0.265 e. The van der Waals surface area contributed by atoms with Gasteiger partial charge in [-0.1, -0.05) is 24.3 Å². The lowest BCUT2D eigenvalue weighted by molar-refractivity contribution is -0.112. The molecule has 1 fully saturated rings. The Morgan fingerprint density at radius 3 is 2.71 bits per heavy atom. The third-order valence-electron chi connectivity index (χ3n) is 4.72. The molecule has 4 rings (SSSR count). The summed E-state index contributed by atoms with van der Waals surface area (Å²) >= 11 is 0. The number of hydrogen-bond acceptors (Lipinski definition) is 3. The van der Waals surface area contributed by atoms with Gasteiger partial charge in [-0.15, -0.1) is 0 Å². The molecular weight excluding hydrogens is 298 g/mol. The first-order valence-corrected chi connectivity index (χ1v) is 8.09. The third-order valence-corrected chi connectivity index (χ3v) is 4.72. The van der Waals surface area contributed by atoms with Crippen molar-refractivity contribution in [2.45, 2.75) is 12.8 Å². The lowest BCUT2D eigenvalue weighted by Gasteiger charge is -2.18.